The maximum atomic E-state index is 14.3. The summed E-state index contributed by atoms with van der Waals surface area (Å²) in [6, 6.07) is 3.71. The standard InChI is InChI=1S/C33H45FN4O7S/c1-2-23-18-33(23)30(41)36-46(43,44)32(15-16-32)14-9-7-5-3-4-6-8-13-28(39)38-20-24(17-27(38)29(40)35-33)45-31(42)37-19-22-11-10-12-26(34)25(22)21-37/h2,10-12,23-24,27,43-44H,1,3-9,13-21H2,(H,35,40)(H,36,41)/t23-,24-,27+,33-/m1/s1. The van der Waals surface area contributed by atoms with E-state index < -0.39 is 57.0 Å². The first-order chi connectivity index (χ1) is 22.0. The van der Waals surface area contributed by atoms with Crippen LogP contribution in [0.2, 0.25) is 0 Å². The second kappa shape index (κ2) is 12.8. The van der Waals surface area contributed by atoms with Gasteiger partial charge in [-0.3, -0.25) is 33.1 Å². The van der Waals surface area contributed by atoms with Crippen molar-refractivity contribution < 1.29 is 37.4 Å². The number of hydrogen-bond acceptors (Lipinski definition) is 7. The Bertz CT molecular complexity index is 1400. The molecule has 4 fully saturated rings. The van der Waals surface area contributed by atoms with Gasteiger partial charge < -0.3 is 15.0 Å². The Balaban J connectivity index is 1.18. The minimum Gasteiger partial charge on any atom is -0.444 e. The molecule has 13 heteroatoms. The van der Waals surface area contributed by atoms with Crippen molar-refractivity contribution in [2.24, 2.45) is 5.92 Å². The largest absolute Gasteiger partial charge is 0.444 e. The molecule has 3 heterocycles. The van der Waals surface area contributed by atoms with Crippen molar-refractivity contribution >= 4 is 34.6 Å². The first kappa shape index (κ1) is 32.8. The Morgan fingerprint density at radius 3 is 2.43 bits per heavy atom. The predicted molar refractivity (Wildman–Crippen MR) is 170 cm³/mol. The number of carbonyl (C=O) groups is 4. The topological polar surface area (TPSA) is 149 Å². The van der Waals surface area contributed by atoms with Crippen LogP contribution in [0, 0.1) is 11.7 Å². The Morgan fingerprint density at radius 1 is 1.04 bits per heavy atom. The Hall–Kier alpha value is -3.16. The summed E-state index contributed by atoms with van der Waals surface area (Å²) in [6.07, 6.45) is 8.83. The van der Waals surface area contributed by atoms with Crippen LogP contribution in [-0.2, 0) is 32.2 Å². The van der Waals surface area contributed by atoms with Gasteiger partial charge in [0.1, 0.15) is 23.5 Å². The van der Waals surface area contributed by atoms with E-state index in [-0.39, 0.29) is 50.6 Å². The molecule has 0 radical (unpaired) electrons. The SMILES string of the molecule is C=C[C@@H]1C[C@@]12NC(=O)[C@@H]1C[C@@H](OC(=O)N3Cc4cccc(F)c4C3)CN1C(=O)CCCCCCCCCC1(CC1)S(O)(O)NC2=O. The lowest BCUT2D eigenvalue weighted by atomic mass is 10.1. The van der Waals surface area contributed by atoms with Crippen LogP contribution in [0.1, 0.15) is 94.6 Å². The third kappa shape index (κ3) is 6.37. The number of benzene rings is 1. The van der Waals surface area contributed by atoms with E-state index in [4.69, 9.17) is 4.74 Å². The molecule has 5 aliphatic rings. The second-order valence-electron chi connectivity index (χ2n) is 13.7. The van der Waals surface area contributed by atoms with E-state index in [1.165, 1.54) is 15.9 Å². The van der Waals surface area contributed by atoms with Crippen LogP contribution in [-0.4, -0.2) is 71.7 Å². The number of carbonyl (C=O) groups excluding carboxylic acids is 4. The van der Waals surface area contributed by atoms with E-state index in [9.17, 15) is 32.7 Å². The number of amides is 4. The summed E-state index contributed by atoms with van der Waals surface area (Å²) in [5.74, 6) is -2.28. The zero-order valence-electron chi connectivity index (χ0n) is 26.2. The van der Waals surface area contributed by atoms with Crippen LogP contribution < -0.4 is 10.0 Å². The summed E-state index contributed by atoms with van der Waals surface area (Å²) in [7, 11) is -3.48. The van der Waals surface area contributed by atoms with E-state index in [1.54, 1.807) is 18.2 Å². The fraction of sp³-hybridized carbons (Fsp3) is 0.636. The van der Waals surface area contributed by atoms with Crippen molar-refractivity contribution in [3.63, 3.8) is 0 Å². The van der Waals surface area contributed by atoms with Gasteiger partial charge in [-0.15, -0.1) is 17.4 Å². The summed E-state index contributed by atoms with van der Waals surface area (Å²) >= 11 is 0. The van der Waals surface area contributed by atoms with Gasteiger partial charge in [0.25, 0.3) is 5.91 Å². The van der Waals surface area contributed by atoms with Gasteiger partial charge in [0.05, 0.1) is 17.8 Å². The highest BCUT2D eigenvalue weighted by Gasteiger charge is 2.63. The minimum atomic E-state index is -3.48. The molecule has 4 atom stereocenters. The van der Waals surface area contributed by atoms with Gasteiger partial charge in [-0.25, -0.2) is 9.18 Å². The number of halogens is 1. The fourth-order valence-electron chi connectivity index (χ4n) is 7.37. The summed E-state index contributed by atoms with van der Waals surface area (Å²) < 4.78 is 44.2. The van der Waals surface area contributed by atoms with E-state index >= 15 is 0 Å². The minimum absolute atomic E-state index is 0.0188. The molecule has 0 unspecified atom stereocenters. The molecule has 252 valence electrons. The third-order valence-electron chi connectivity index (χ3n) is 10.6. The molecule has 3 aliphatic heterocycles. The van der Waals surface area contributed by atoms with Crippen LogP contribution in [0.4, 0.5) is 9.18 Å². The van der Waals surface area contributed by atoms with Crippen LogP contribution in [0.3, 0.4) is 0 Å². The van der Waals surface area contributed by atoms with Crippen LogP contribution in [0.15, 0.2) is 30.9 Å². The molecule has 2 saturated carbocycles. The van der Waals surface area contributed by atoms with Gasteiger partial charge in [0.15, 0.2) is 0 Å². The second-order valence-corrected chi connectivity index (χ2v) is 15.8. The first-order valence-corrected chi connectivity index (χ1v) is 18.1. The number of nitrogens with zero attached hydrogens (tertiary/aromatic N) is 2. The predicted octanol–water partition coefficient (Wildman–Crippen LogP) is 5.15. The maximum absolute atomic E-state index is 14.3. The van der Waals surface area contributed by atoms with Gasteiger partial charge in [-0.2, -0.15) is 0 Å². The Kier molecular flexibility index (Phi) is 9.12. The molecule has 1 aromatic rings. The molecule has 6 rings (SSSR count). The average Bonchev–Trinajstić information content (AvgIpc) is 3.85. The molecule has 11 nitrogen and oxygen atoms in total. The monoisotopic (exact) mass is 660 g/mol. The number of fused-ring (bicyclic) bond motifs is 2. The highest BCUT2D eigenvalue weighted by Crippen LogP contribution is 2.66. The van der Waals surface area contributed by atoms with Gasteiger partial charge in [-0.05, 0) is 43.7 Å². The lowest BCUT2D eigenvalue weighted by Gasteiger charge is -2.42. The number of ether oxygens (including phenoxy) is 1. The van der Waals surface area contributed by atoms with Crippen molar-refractivity contribution in [1.29, 1.82) is 0 Å². The van der Waals surface area contributed by atoms with Crippen LogP contribution in [0.5, 0.6) is 0 Å². The normalized spacial score (nSPS) is 31.9. The van der Waals surface area contributed by atoms with Crippen molar-refractivity contribution in [3.8, 4) is 0 Å². The zero-order valence-corrected chi connectivity index (χ0v) is 27.0. The Labute approximate surface area is 270 Å². The fourth-order valence-corrected chi connectivity index (χ4v) is 9.12. The van der Waals surface area contributed by atoms with Crippen molar-refractivity contribution in [2.75, 3.05) is 6.54 Å². The number of rotatable bonds is 2. The third-order valence-corrected chi connectivity index (χ3v) is 12.8. The van der Waals surface area contributed by atoms with Gasteiger partial charge >= 0.3 is 6.09 Å². The molecule has 4 N–H and O–H groups in total. The summed E-state index contributed by atoms with van der Waals surface area (Å²) in [5.41, 5.74) is -0.270. The van der Waals surface area contributed by atoms with Crippen LogP contribution >= 0.6 is 10.8 Å². The van der Waals surface area contributed by atoms with E-state index in [0.29, 0.717) is 36.8 Å². The molecular formula is C33H45FN4O7S. The summed E-state index contributed by atoms with van der Waals surface area (Å²) in [5, 5.41) is 2.84. The smallest absolute Gasteiger partial charge is 0.410 e. The lowest BCUT2D eigenvalue weighted by molar-refractivity contribution is -0.139. The number of nitrogens with one attached hydrogen (secondary N) is 2. The molecular weight excluding hydrogens is 615 g/mol. The lowest BCUT2D eigenvalue weighted by Crippen LogP contribution is -2.56. The maximum Gasteiger partial charge on any atom is 0.410 e. The molecule has 2 aliphatic carbocycles. The molecule has 0 bridgehead atoms. The van der Waals surface area contributed by atoms with Crippen molar-refractivity contribution in [2.45, 2.75) is 119 Å². The quantitative estimate of drug-likeness (QED) is 0.321. The van der Waals surface area contributed by atoms with Crippen molar-refractivity contribution in [3.05, 3.63) is 47.8 Å². The molecule has 2 saturated heterocycles. The first-order valence-electron chi connectivity index (χ1n) is 16.5. The average molecular weight is 661 g/mol. The van der Waals surface area contributed by atoms with Crippen LogP contribution in [0.25, 0.3) is 0 Å². The van der Waals surface area contributed by atoms with Gasteiger partial charge in [0, 0.05) is 30.9 Å². The number of hydrogen-bond donors (Lipinski definition) is 4. The Morgan fingerprint density at radius 2 is 1.76 bits per heavy atom. The van der Waals surface area contributed by atoms with E-state index in [2.05, 4.69) is 16.6 Å². The summed E-state index contributed by atoms with van der Waals surface area (Å²) in [4.78, 5) is 57.0. The highest BCUT2D eigenvalue weighted by atomic mass is 32.3. The van der Waals surface area contributed by atoms with E-state index in [0.717, 1.165) is 38.5 Å². The van der Waals surface area contributed by atoms with Crippen molar-refractivity contribution in [1.82, 2.24) is 19.8 Å². The molecule has 0 aromatic heterocycles. The van der Waals surface area contributed by atoms with Gasteiger partial charge in [-0.1, -0.05) is 56.7 Å². The molecule has 46 heavy (non-hydrogen) atoms. The molecule has 1 aromatic carbocycles. The highest BCUT2D eigenvalue weighted by molar-refractivity contribution is 8.24. The molecule has 4 amide bonds. The zero-order chi connectivity index (χ0) is 32.7. The molecule has 2 spiro atoms. The summed E-state index contributed by atoms with van der Waals surface area (Å²) in [6.45, 7) is 4.09. The van der Waals surface area contributed by atoms with E-state index in [1.807, 2.05) is 0 Å². The van der Waals surface area contributed by atoms with Gasteiger partial charge in [0.2, 0.25) is 11.8 Å².